The molecule has 0 saturated heterocycles. The normalized spacial score (nSPS) is 12.8. The number of aryl methyl sites for hydroxylation is 1. The quantitative estimate of drug-likeness (QED) is 0.0196. The van der Waals surface area contributed by atoms with Gasteiger partial charge in [0.15, 0.2) is 15.8 Å². The van der Waals surface area contributed by atoms with Gasteiger partial charge >= 0.3 is 11.9 Å². The number of aromatic hydroxyl groups is 2. The molecule has 0 radical (unpaired) electrons. The molecule has 6 aromatic rings. The largest absolute Gasteiger partial charge is 0.505 e. The van der Waals surface area contributed by atoms with Crippen LogP contribution in [0.2, 0.25) is 0 Å². The van der Waals surface area contributed by atoms with Crippen LogP contribution in [0.3, 0.4) is 0 Å². The second kappa shape index (κ2) is 19.9. The van der Waals surface area contributed by atoms with Gasteiger partial charge in [0.25, 0.3) is 45.6 Å². The molecule has 0 unspecified atom stereocenters. The number of fused-ring (bicyclic) bond motifs is 1. The van der Waals surface area contributed by atoms with Gasteiger partial charge in [0.2, 0.25) is 11.6 Å². The number of carbonyl (C=O) groups is 2. The number of carboxylic acids is 2. The lowest BCUT2D eigenvalue weighted by molar-refractivity contribution is -0.133. The highest BCUT2D eigenvalue weighted by Crippen LogP contribution is 2.47. The summed E-state index contributed by atoms with van der Waals surface area (Å²) in [5, 5.41) is 74.0. The van der Waals surface area contributed by atoms with Gasteiger partial charge in [-0.1, -0.05) is 23.1 Å². The van der Waals surface area contributed by atoms with E-state index in [1.54, 1.807) is 0 Å². The average Bonchev–Trinajstić information content (AvgIpc) is 3.85. The molecule has 2 heterocycles. The van der Waals surface area contributed by atoms with Crippen LogP contribution in [0.1, 0.15) is 22.5 Å². The lowest BCUT2D eigenvalue weighted by Crippen LogP contribution is -2.08. The Balaban J connectivity index is 1.43. The van der Waals surface area contributed by atoms with Crippen LogP contribution in [0.25, 0.3) is 16.5 Å². The Hall–Kier alpha value is -6.96. The van der Waals surface area contributed by atoms with Crippen molar-refractivity contribution in [2.75, 3.05) is 18.1 Å². The summed E-state index contributed by atoms with van der Waals surface area (Å²) in [6, 6.07) is 8.46. The summed E-state index contributed by atoms with van der Waals surface area (Å²) >= 11 is 1.80. The van der Waals surface area contributed by atoms with Gasteiger partial charge in [0, 0.05) is 16.8 Å². The van der Waals surface area contributed by atoms with Crippen LogP contribution < -0.4 is 4.74 Å². The minimum atomic E-state index is -5.54. The zero-order valence-corrected chi connectivity index (χ0v) is 38.9. The van der Waals surface area contributed by atoms with Crippen LogP contribution in [0.15, 0.2) is 104 Å². The third-order valence-corrected chi connectivity index (χ3v) is 14.1. The van der Waals surface area contributed by atoms with E-state index in [4.69, 9.17) is 14.4 Å². The smallest absolute Gasteiger partial charge is 0.358 e. The third kappa shape index (κ3) is 12.4. The highest BCUT2D eigenvalue weighted by atomic mass is 32.2. The van der Waals surface area contributed by atoms with Gasteiger partial charge in [-0.05, 0) is 67.4 Å². The van der Waals surface area contributed by atoms with E-state index in [0.29, 0.717) is 10.7 Å². The summed E-state index contributed by atoms with van der Waals surface area (Å²) in [5.74, 6) is -6.37. The van der Waals surface area contributed by atoms with Gasteiger partial charge < -0.3 is 25.2 Å². The fourth-order valence-corrected chi connectivity index (χ4v) is 9.53. The molecule has 0 atom stereocenters. The predicted molar refractivity (Wildman–Crippen MR) is 236 cm³/mol. The Bertz CT molecular complexity index is 3620. The van der Waals surface area contributed by atoms with Crippen molar-refractivity contribution in [3.05, 3.63) is 65.9 Å². The number of phenols is 1. The van der Waals surface area contributed by atoms with Crippen molar-refractivity contribution < 1.29 is 86.6 Å². The van der Waals surface area contributed by atoms with E-state index in [0.717, 1.165) is 59.5 Å². The van der Waals surface area contributed by atoms with Gasteiger partial charge in [0.1, 0.15) is 32.6 Å². The maximum Gasteiger partial charge on any atom is 0.358 e. The first kappa shape index (κ1) is 51.4. The van der Waals surface area contributed by atoms with E-state index in [1.807, 2.05) is 0 Å². The molecule has 0 fully saturated rings. The van der Waals surface area contributed by atoms with Crippen LogP contribution in [0.4, 0.5) is 33.6 Å². The number of aromatic carboxylic acids is 1. The first-order chi connectivity index (χ1) is 32.1. The van der Waals surface area contributed by atoms with E-state index in [-0.39, 0.29) is 56.6 Å². The fraction of sp³-hybridized carbons (Fsp3) is 0.147. The van der Waals surface area contributed by atoms with Crippen molar-refractivity contribution in [3.8, 4) is 23.1 Å². The van der Waals surface area contributed by atoms with Crippen molar-refractivity contribution in [2.24, 2.45) is 30.7 Å². The highest BCUT2D eigenvalue weighted by molar-refractivity contribution is 8.01. The van der Waals surface area contributed by atoms with Crippen LogP contribution >= 0.6 is 23.1 Å². The van der Waals surface area contributed by atoms with Gasteiger partial charge in [0.05, 0.1) is 34.4 Å². The van der Waals surface area contributed by atoms with Gasteiger partial charge in [-0.25, -0.2) is 4.79 Å². The molecular formula is C34H28N10O19S6. The topological polar surface area (TPSA) is 460 Å². The molecule has 0 saturated carbocycles. The molecule has 8 N–H and O–H groups in total. The number of ether oxygens (including phenoxy) is 1. The summed E-state index contributed by atoms with van der Waals surface area (Å²) in [4.78, 5) is 19.8. The van der Waals surface area contributed by atoms with Crippen LogP contribution in [0.5, 0.6) is 17.4 Å². The van der Waals surface area contributed by atoms with Gasteiger partial charge in [-0.3, -0.25) is 23.0 Å². The summed E-state index contributed by atoms with van der Waals surface area (Å²) in [5.41, 5.74) is -3.85. The number of rotatable bonds is 19. The van der Waals surface area contributed by atoms with Crippen molar-refractivity contribution in [1.82, 2.24) is 20.0 Å². The average molecular weight is 1070 g/mol. The molecule has 0 spiro atoms. The number of hydrogen-bond donors (Lipinski definition) is 8. The first-order valence-corrected chi connectivity index (χ1v) is 25.9. The van der Waals surface area contributed by atoms with Gasteiger partial charge in [-0.15, -0.1) is 40.9 Å². The Morgan fingerprint density at radius 2 is 1.39 bits per heavy atom. The first-order valence-electron chi connectivity index (χ1n) is 18.2. The second-order valence-electron chi connectivity index (χ2n) is 13.5. The molecule has 69 heavy (non-hydrogen) atoms. The molecule has 29 nitrogen and oxygen atoms in total. The standard InChI is InChI=1S/C34H28N10O19S6/c1-15-11-22(23(63-9-2-10-66(51,52)53)13-21(15)36-40-33-41-42-34(65-33)64-14-25(45)46)37-38-26-24(68(57,58)59)12-19-18(29(26)47)7-8-20(30(19)69(60,61)62)35-39-27-28(32(49)50)43-44(31(27)48)16-3-5-17(6-4-16)67(54,55)56/h3-8,11-13,47-48H,2,9-10,14H2,1H3,(H,45,46)(H,49,50)(H,51,52,53)(H,54,55,56)(H,57,58,59)(H,60,61,62). The summed E-state index contributed by atoms with van der Waals surface area (Å²) < 4.78 is 143. The maximum atomic E-state index is 12.9. The molecular weight excluding hydrogens is 1040 g/mol. The maximum absolute atomic E-state index is 12.9. The minimum Gasteiger partial charge on any atom is -0.505 e. The Morgan fingerprint density at radius 3 is 2.00 bits per heavy atom. The summed E-state index contributed by atoms with van der Waals surface area (Å²) in [7, 11) is -20.1. The fourth-order valence-electron chi connectivity index (χ4n) is 5.72. The lowest BCUT2D eigenvalue weighted by atomic mass is 10.1. The van der Waals surface area contributed by atoms with Crippen molar-refractivity contribution in [1.29, 1.82) is 0 Å². The molecule has 0 aliphatic heterocycles. The SMILES string of the molecule is Cc1cc(N=Nc2c(S(=O)(=O)O)cc3c(S(=O)(=O)O)c(N=Nc4c(C(=O)O)nn(-c5ccc(S(=O)(=O)O)cc5)c4O)ccc3c2O)c(OCCCS(=O)(=O)O)cc1N=Nc1nnc(SCC(=O)O)s1. The van der Waals surface area contributed by atoms with E-state index < -0.39 is 118 Å². The van der Waals surface area contributed by atoms with E-state index >= 15 is 0 Å². The van der Waals surface area contributed by atoms with E-state index in [2.05, 4.69) is 46.0 Å². The lowest BCUT2D eigenvalue weighted by Gasteiger charge is -2.13. The van der Waals surface area contributed by atoms with E-state index in [9.17, 15) is 72.2 Å². The monoisotopic (exact) mass is 1070 g/mol. The number of nitrogens with zero attached hydrogens (tertiary/aromatic N) is 10. The Kier molecular flexibility index (Phi) is 14.9. The van der Waals surface area contributed by atoms with E-state index in [1.165, 1.54) is 19.1 Å². The summed E-state index contributed by atoms with van der Waals surface area (Å²) in [6.45, 7) is 1.11. The summed E-state index contributed by atoms with van der Waals surface area (Å²) in [6.07, 6.45) is -0.264. The number of aliphatic carboxylic acids is 1. The Morgan fingerprint density at radius 1 is 0.739 bits per heavy atom. The number of azo groups is 3. The second-order valence-corrected chi connectivity index (χ2v) is 21.4. The van der Waals surface area contributed by atoms with Crippen molar-refractivity contribution >= 4 is 120 Å². The van der Waals surface area contributed by atoms with Crippen LogP contribution in [-0.4, -0.2) is 122 Å². The molecule has 0 aliphatic carbocycles. The predicted octanol–water partition coefficient (Wildman–Crippen LogP) is 6.11. The molecule has 6 rings (SSSR count). The molecule has 2 aromatic heterocycles. The minimum absolute atomic E-state index is 0.0175. The zero-order valence-electron chi connectivity index (χ0n) is 34.0. The van der Waals surface area contributed by atoms with Crippen molar-refractivity contribution in [2.45, 2.75) is 32.4 Å². The molecule has 4 aromatic carbocycles. The number of hydrogen-bond acceptors (Lipinski definition) is 24. The number of thioether (sulfide) groups is 1. The number of aromatic nitrogens is 4. The molecule has 0 amide bonds. The molecule has 35 heteroatoms. The number of phenolic OH excluding ortho intramolecular Hbond substituents is 1. The number of carboxylic acid groups (broad SMARTS) is 2. The van der Waals surface area contributed by atoms with Crippen molar-refractivity contribution in [3.63, 3.8) is 0 Å². The van der Waals surface area contributed by atoms with Crippen LogP contribution in [-0.2, 0) is 45.3 Å². The number of benzene rings is 4. The van der Waals surface area contributed by atoms with Gasteiger partial charge in [-0.2, -0.15) is 43.5 Å². The highest BCUT2D eigenvalue weighted by Gasteiger charge is 2.29. The molecule has 364 valence electrons. The molecule has 0 aliphatic rings. The third-order valence-electron chi connectivity index (χ3n) is 8.67. The Labute approximate surface area is 394 Å². The molecule has 0 bridgehead atoms. The zero-order chi connectivity index (χ0) is 50.8. The van der Waals surface area contributed by atoms with Crippen LogP contribution in [0, 0.1) is 6.92 Å².